The van der Waals surface area contributed by atoms with Crippen LogP contribution in [0.3, 0.4) is 0 Å². The molecule has 1 heterocycles. The highest BCUT2D eigenvalue weighted by Gasteiger charge is 2.10. The third-order valence-electron chi connectivity index (χ3n) is 3.22. The summed E-state index contributed by atoms with van der Waals surface area (Å²) in [4.78, 5) is 10.8. The van der Waals surface area contributed by atoms with E-state index in [4.69, 9.17) is 4.74 Å². The third-order valence-corrected chi connectivity index (χ3v) is 3.22. The van der Waals surface area contributed by atoms with Gasteiger partial charge in [0, 0.05) is 12.5 Å². The molecule has 0 fully saturated rings. The van der Waals surface area contributed by atoms with Crippen molar-refractivity contribution in [1.82, 2.24) is 20.6 Å². The standard InChI is InChI=1S/C16H14N4O2/c1-11(21)22-10-12-6-8-13(9-7-12)14-4-2-3-5-15(14)16-17-19-20-18-16/h2-9H,10H2,1H3,(H,17,18,19,20). The number of hydrogen-bond donors (Lipinski definition) is 1. The molecule has 1 aromatic heterocycles. The predicted octanol–water partition coefficient (Wildman–Crippen LogP) is 2.60. The quantitative estimate of drug-likeness (QED) is 0.748. The fourth-order valence-electron chi connectivity index (χ4n) is 2.17. The molecular formula is C16H14N4O2. The van der Waals surface area contributed by atoms with Crippen molar-refractivity contribution >= 4 is 5.97 Å². The predicted molar refractivity (Wildman–Crippen MR) is 80.5 cm³/mol. The third kappa shape index (κ3) is 3.01. The molecule has 22 heavy (non-hydrogen) atoms. The van der Waals surface area contributed by atoms with E-state index in [-0.39, 0.29) is 12.6 Å². The second-order valence-corrected chi connectivity index (χ2v) is 4.76. The average Bonchev–Trinajstić information content (AvgIpc) is 3.08. The van der Waals surface area contributed by atoms with Crippen molar-refractivity contribution in [2.75, 3.05) is 0 Å². The fourth-order valence-corrected chi connectivity index (χ4v) is 2.17. The van der Waals surface area contributed by atoms with Crippen molar-refractivity contribution in [3.05, 3.63) is 54.1 Å². The van der Waals surface area contributed by atoms with Crippen LogP contribution in [0.4, 0.5) is 0 Å². The molecule has 110 valence electrons. The molecule has 0 bridgehead atoms. The zero-order chi connectivity index (χ0) is 15.4. The molecular weight excluding hydrogens is 280 g/mol. The van der Waals surface area contributed by atoms with E-state index in [0.29, 0.717) is 5.82 Å². The topological polar surface area (TPSA) is 80.8 Å². The molecule has 6 heteroatoms. The summed E-state index contributed by atoms with van der Waals surface area (Å²) in [6.07, 6.45) is 0. The molecule has 0 spiro atoms. The number of carbonyl (C=O) groups excluding carboxylic acids is 1. The summed E-state index contributed by atoms with van der Waals surface area (Å²) in [6.45, 7) is 1.68. The molecule has 6 nitrogen and oxygen atoms in total. The van der Waals surface area contributed by atoms with E-state index in [1.165, 1.54) is 6.92 Å². The Morgan fingerprint density at radius 2 is 1.82 bits per heavy atom. The summed E-state index contributed by atoms with van der Waals surface area (Å²) in [7, 11) is 0. The van der Waals surface area contributed by atoms with Crippen molar-refractivity contribution in [2.45, 2.75) is 13.5 Å². The first-order chi connectivity index (χ1) is 10.7. The van der Waals surface area contributed by atoms with E-state index < -0.39 is 0 Å². The van der Waals surface area contributed by atoms with Crippen LogP contribution in [-0.4, -0.2) is 26.6 Å². The first-order valence-corrected chi connectivity index (χ1v) is 6.79. The number of carbonyl (C=O) groups is 1. The van der Waals surface area contributed by atoms with Crippen LogP contribution in [0.5, 0.6) is 0 Å². The van der Waals surface area contributed by atoms with E-state index in [1.54, 1.807) is 0 Å². The van der Waals surface area contributed by atoms with Crippen LogP contribution in [0.2, 0.25) is 0 Å². The minimum Gasteiger partial charge on any atom is -0.461 e. The summed E-state index contributed by atoms with van der Waals surface area (Å²) in [5, 5.41) is 14.1. The number of tetrazole rings is 1. The number of nitrogens with zero attached hydrogens (tertiary/aromatic N) is 3. The highest BCUT2D eigenvalue weighted by Crippen LogP contribution is 2.29. The molecule has 0 aliphatic rings. The van der Waals surface area contributed by atoms with Gasteiger partial charge in [-0.05, 0) is 21.9 Å². The second-order valence-electron chi connectivity index (χ2n) is 4.76. The van der Waals surface area contributed by atoms with Crippen LogP contribution < -0.4 is 0 Å². The van der Waals surface area contributed by atoms with Crippen molar-refractivity contribution < 1.29 is 9.53 Å². The summed E-state index contributed by atoms with van der Waals surface area (Å²) in [5.74, 6) is 0.270. The van der Waals surface area contributed by atoms with E-state index in [2.05, 4.69) is 20.6 Å². The van der Waals surface area contributed by atoms with Gasteiger partial charge in [0.2, 0.25) is 5.82 Å². The number of benzene rings is 2. The van der Waals surface area contributed by atoms with Gasteiger partial charge in [-0.25, -0.2) is 0 Å². The molecule has 0 amide bonds. The lowest BCUT2D eigenvalue weighted by Crippen LogP contribution is -1.98. The number of esters is 1. The highest BCUT2D eigenvalue weighted by atomic mass is 16.5. The minimum absolute atomic E-state index is 0.280. The van der Waals surface area contributed by atoms with Crippen molar-refractivity contribution in [3.8, 4) is 22.5 Å². The van der Waals surface area contributed by atoms with Crippen molar-refractivity contribution in [3.63, 3.8) is 0 Å². The molecule has 2 aromatic carbocycles. The number of nitrogens with one attached hydrogen (secondary N) is 1. The SMILES string of the molecule is CC(=O)OCc1ccc(-c2ccccc2-c2nn[nH]n2)cc1. The van der Waals surface area contributed by atoms with E-state index in [0.717, 1.165) is 22.3 Å². The van der Waals surface area contributed by atoms with Gasteiger partial charge in [-0.3, -0.25) is 4.79 Å². The number of aromatic nitrogens is 4. The van der Waals surface area contributed by atoms with Gasteiger partial charge in [0.05, 0.1) is 0 Å². The number of hydrogen-bond acceptors (Lipinski definition) is 5. The molecule has 0 atom stereocenters. The zero-order valence-corrected chi connectivity index (χ0v) is 12.0. The molecule has 0 saturated heterocycles. The lowest BCUT2D eigenvalue weighted by Gasteiger charge is -2.08. The monoisotopic (exact) mass is 294 g/mol. The maximum absolute atomic E-state index is 10.8. The Labute approximate surface area is 127 Å². The summed E-state index contributed by atoms with van der Waals surface area (Å²) in [6, 6.07) is 15.7. The molecule has 3 aromatic rings. The zero-order valence-electron chi connectivity index (χ0n) is 12.0. The van der Waals surface area contributed by atoms with Crippen molar-refractivity contribution in [2.24, 2.45) is 0 Å². The second kappa shape index (κ2) is 6.17. The van der Waals surface area contributed by atoms with Gasteiger partial charge in [0.15, 0.2) is 0 Å². The van der Waals surface area contributed by atoms with Crippen LogP contribution in [0.1, 0.15) is 12.5 Å². The number of ether oxygens (including phenoxy) is 1. The van der Waals surface area contributed by atoms with Crippen LogP contribution >= 0.6 is 0 Å². The van der Waals surface area contributed by atoms with Gasteiger partial charge >= 0.3 is 5.97 Å². The maximum atomic E-state index is 10.8. The molecule has 0 aliphatic heterocycles. The molecule has 0 aliphatic carbocycles. The van der Waals surface area contributed by atoms with Gasteiger partial charge in [-0.1, -0.05) is 48.5 Å². The van der Waals surface area contributed by atoms with Gasteiger partial charge < -0.3 is 4.74 Å². The minimum atomic E-state index is -0.286. The highest BCUT2D eigenvalue weighted by molar-refractivity contribution is 5.80. The van der Waals surface area contributed by atoms with E-state index in [1.807, 2.05) is 48.5 Å². The Morgan fingerprint density at radius 3 is 2.45 bits per heavy atom. The Morgan fingerprint density at radius 1 is 1.09 bits per heavy atom. The summed E-state index contributed by atoms with van der Waals surface area (Å²) < 4.78 is 4.98. The van der Waals surface area contributed by atoms with Gasteiger partial charge in [-0.2, -0.15) is 5.21 Å². The maximum Gasteiger partial charge on any atom is 0.302 e. The molecule has 3 rings (SSSR count). The van der Waals surface area contributed by atoms with Crippen LogP contribution in [0.25, 0.3) is 22.5 Å². The van der Waals surface area contributed by atoms with E-state index in [9.17, 15) is 4.79 Å². The van der Waals surface area contributed by atoms with Gasteiger partial charge in [0.25, 0.3) is 0 Å². The van der Waals surface area contributed by atoms with Gasteiger partial charge in [-0.15, -0.1) is 10.2 Å². The number of H-pyrrole nitrogens is 1. The Kier molecular flexibility index (Phi) is 3.91. The fraction of sp³-hybridized carbons (Fsp3) is 0.125. The number of rotatable bonds is 4. The largest absolute Gasteiger partial charge is 0.461 e. The normalized spacial score (nSPS) is 10.4. The average molecular weight is 294 g/mol. The molecule has 0 saturated carbocycles. The first-order valence-electron chi connectivity index (χ1n) is 6.79. The summed E-state index contributed by atoms with van der Waals surface area (Å²) >= 11 is 0. The Bertz CT molecular complexity index is 767. The lowest BCUT2D eigenvalue weighted by molar-refractivity contribution is -0.142. The lowest BCUT2D eigenvalue weighted by atomic mass is 9.98. The smallest absolute Gasteiger partial charge is 0.302 e. The summed E-state index contributed by atoms with van der Waals surface area (Å²) in [5.41, 5.74) is 3.90. The van der Waals surface area contributed by atoms with Crippen molar-refractivity contribution in [1.29, 1.82) is 0 Å². The Hall–Kier alpha value is -3.02. The molecule has 1 N–H and O–H groups in total. The van der Waals surface area contributed by atoms with E-state index >= 15 is 0 Å². The van der Waals surface area contributed by atoms with Crippen LogP contribution in [0.15, 0.2) is 48.5 Å². The Balaban J connectivity index is 1.90. The number of aromatic amines is 1. The van der Waals surface area contributed by atoms with Crippen LogP contribution in [-0.2, 0) is 16.1 Å². The van der Waals surface area contributed by atoms with Gasteiger partial charge in [0.1, 0.15) is 6.61 Å². The first kappa shape index (κ1) is 13.9. The molecule has 0 unspecified atom stereocenters. The van der Waals surface area contributed by atoms with Crippen LogP contribution in [0, 0.1) is 0 Å². The molecule has 0 radical (unpaired) electrons.